The van der Waals surface area contributed by atoms with Crippen LogP contribution in [0.5, 0.6) is 0 Å². The Bertz CT molecular complexity index is 1190. The van der Waals surface area contributed by atoms with Gasteiger partial charge in [-0.2, -0.15) is 4.31 Å². The van der Waals surface area contributed by atoms with Gasteiger partial charge in [0.1, 0.15) is 0 Å². The molecule has 0 aliphatic carbocycles. The molecule has 1 N–H and O–H groups in total. The molecule has 0 aromatic heterocycles. The number of hydrogen-bond donors (Lipinski definition) is 1. The number of piperazine rings is 2. The second-order valence-electron chi connectivity index (χ2n) is 8.35. The fraction of sp³-hybridized carbons (Fsp3) is 0.375. The molecular formula is C24H28N4O5S. The van der Waals surface area contributed by atoms with Crippen molar-refractivity contribution in [2.75, 3.05) is 45.8 Å². The van der Waals surface area contributed by atoms with Gasteiger partial charge in [-0.25, -0.2) is 8.42 Å². The summed E-state index contributed by atoms with van der Waals surface area (Å²) in [7, 11) is -3.89. The van der Waals surface area contributed by atoms with E-state index >= 15 is 0 Å². The third-order valence-electron chi connectivity index (χ3n) is 6.19. The molecule has 0 radical (unpaired) electrons. The quantitative estimate of drug-likeness (QED) is 0.681. The van der Waals surface area contributed by atoms with Crippen molar-refractivity contribution in [1.82, 2.24) is 19.4 Å². The number of rotatable bonds is 5. The molecule has 2 aliphatic rings. The molecule has 3 amide bonds. The van der Waals surface area contributed by atoms with Crippen LogP contribution in [0.1, 0.15) is 33.2 Å². The minimum atomic E-state index is -3.89. The second-order valence-corrected chi connectivity index (χ2v) is 10.3. The van der Waals surface area contributed by atoms with Crippen LogP contribution >= 0.6 is 0 Å². The third-order valence-corrected chi connectivity index (χ3v) is 8.03. The van der Waals surface area contributed by atoms with E-state index in [1.807, 2.05) is 24.3 Å². The largest absolute Gasteiger partial charge is 0.354 e. The Labute approximate surface area is 199 Å². The Morgan fingerprint density at radius 2 is 1.50 bits per heavy atom. The highest BCUT2D eigenvalue weighted by molar-refractivity contribution is 7.89. The zero-order valence-electron chi connectivity index (χ0n) is 19.1. The summed E-state index contributed by atoms with van der Waals surface area (Å²) in [5.74, 6) is -0.697. The summed E-state index contributed by atoms with van der Waals surface area (Å²) in [5.41, 5.74) is 2.05. The lowest BCUT2D eigenvalue weighted by atomic mass is 10.1. The van der Waals surface area contributed by atoms with Crippen molar-refractivity contribution in [2.45, 2.75) is 18.2 Å². The van der Waals surface area contributed by atoms with Gasteiger partial charge in [0.15, 0.2) is 0 Å². The lowest BCUT2D eigenvalue weighted by Gasteiger charge is -2.35. The molecule has 0 spiro atoms. The third kappa shape index (κ3) is 4.97. The maximum atomic E-state index is 13.1. The average molecular weight is 485 g/mol. The van der Waals surface area contributed by atoms with Crippen molar-refractivity contribution in [2.24, 2.45) is 0 Å². The highest BCUT2D eigenvalue weighted by Crippen LogP contribution is 2.20. The van der Waals surface area contributed by atoms with Crippen molar-refractivity contribution in [3.05, 3.63) is 65.2 Å². The van der Waals surface area contributed by atoms with Crippen LogP contribution in [-0.2, 0) is 21.2 Å². The molecule has 9 nitrogen and oxygen atoms in total. The Morgan fingerprint density at radius 3 is 2.09 bits per heavy atom. The van der Waals surface area contributed by atoms with Gasteiger partial charge < -0.3 is 15.1 Å². The van der Waals surface area contributed by atoms with Gasteiger partial charge in [0.2, 0.25) is 15.9 Å². The summed E-state index contributed by atoms with van der Waals surface area (Å²) in [4.78, 5) is 40.8. The SMILES string of the molecule is CCc1ccc(C(=O)N2CCN(C(=O)c3cccc(S(=O)(=O)N4CCNC(=O)C4)c3)CC2)cc1. The van der Waals surface area contributed by atoms with Crippen LogP contribution in [0.3, 0.4) is 0 Å². The molecule has 10 heteroatoms. The molecule has 4 rings (SSSR count). The smallest absolute Gasteiger partial charge is 0.254 e. The summed E-state index contributed by atoms with van der Waals surface area (Å²) >= 11 is 0. The summed E-state index contributed by atoms with van der Waals surface area (Å²) in [6.45, 7) is 3.79. The van der Waals surface area contributed by atoms with Crippen LogP contribution in [0.15, 0.2) is 53.4 Å². The molecule has 2 saturated heterocycles. The molecular weight excluding hydrogens is 456 g/mol. The number of nitrogens with zero attached hydrogens (tertiary/aromatic N) is 3. The number of aryl methyl sites for hydroxylation is 1. The van der Waals surface area contributed by atoms with Gasteiger partial charge in [-0.05, 0) is 42.3 Å². The van der Waals surface area contributed by atoms with Gasteiger partial charge in [0.05, 0.1) is 11.4 Å². The Kier molecular flexibility index (Phi) is 6.99. The van der Waals surface area contributed by atoms with E-state index in [0.29, 0.717) is 31.7 Å². The van der Waals surface area contributed by atoms with E-state index in [-0.39, 0.29) is 47.8 Å². The van der Waals surface area contributed by atoms with E-state index in [9.17, 15) is 22.8 Å². The van der Waals surface area contributed by atoms with E-state index in [0.717, 1.165) is 10.7 Å². The van der Waals surface area contributed by atoms with E-state index in [1.165, 1.54) is 23.8 Å². The molecule has 0 atom stereocenters. The van der Waals surface area contributed by atoms with Crippen LogP contribution in [0.25, 0.3) is 0 Å². The van der Waals surface area contributed by atoms with Crippen molar-refractivity contribution >= 4 is 27.7 Å². The second kappa shape index (κ2) is 9.94. The van der Waals surface area contributed by atoms with Crippen LogP contribution in [0.4, 0.5) is 0 Å². The number of nitrogens with one attached hydrogen (secondary N) is 1. The predicted molar refractivity (Wildman–Crippen MR) is 126 cm³/mol. The Hall–Kier alpha value is -3.24. The number of carbonyl (C=O) groups is 3. The molecule has 0 unspecified atom stereocenters. The Morgan fingerprint density at radius 1 is 0.882 bits per heavy atom. The van der Waals surface area contributed by atoms with Crippen LogP contribution in [-0.4, -0.2) is 86.1 Å². The van der Waals surface area contributed by atoms with E-state index in [1.54, 1.807) is 15.9 Å². The molecule has 180 valence electrons. The maximum absolute atomic E-state index is 13.1. The van der Waals surface area contributed by atoms with Crippen molar-refractivity contribution < 1.29 is 22.8 Å². The molecule has 0 bridgehead atoms. The first-order valence-electron chi connectivity index (χ1n) is 11.3. The van der Waals surface area contributed by atoms with Gasteiger partial charge in [-0.15, -0.1) is 0 Å². The molecule has 2 fully saturated rings. The van der Waals surface area contributed by atoms with Gasteiger partial charge in [-0.3, -0.25) is 14.4 Å². The lowest BCUT2D eigenvalue weighted by Crippen LogP contribution is -2.50. The van der Waals surface area contributed by atoms with Gasteiger partial charge >= 0.3 is 0 Å². The summed E-state index contributed by atoms with van der Waals surface area (Å²) in [5, 5.41) is 2.60. The molecule has 2 aliphatic heterocycles. The zero-order chi connectivity index (χ0) is 24.3. The van der Waals surface area contributed by atoms with Crippen LogP contribution in [0, 0.1) is 0 Å². The topological polar surface area (TPSA) is 107 Å². The van der Waals surface area contributed by atoms with E-state index in [4.69, 9.17) is 0 Å². The minimum Gasteiger partial charge on any atom is -0.354 e. The fourth-order valence-electron chi connectivity index (χ4n) is 4.12. The van der Waals surface area contributed by atoms with E-state index in [2.05, 4.69) is 12.2 Å². The number of carbonyl (C=O) groups excluding carboxylic acids is 3. The van der Waals surface area contributed by atoms with Crippen molar-refractivity contribution in [1.29, 1.82) is 0 Å². The number of sulfonamides is 1. The number of hydrogen-bond acceptors (Lipinski definition) is 5. The first-order chi connectivity index (χ1) is 16.3. The van der Waals surface area contributed by atoms with Gasteiger partial charge in [0, 0.05) is 50.4 Å². The van der Waals surface area contributed by atoms with Crippen LogP contribution in [0.2, 0.25) is 0 Å². The molecule has 2 aromatic rings. The highest BCUT2D eigenvalue weighted by Gasteiger charge is 2.30. The Balaban J connectivity index is 1.41. The van der Waals surface area contributed by atoms with E-state index < -0.39 is 10.0 Å². The van der Waals surface area contributed by atoms with Crippen molar-refractivity contribution in [3.8, 4) is 0 Å². The van der Waals surface area contributed by atoms with Gasteiger partial charge in [-0.1, -0.05) is 25.1 Å². The number of benzene rings is 2. The first kappa shape index (κ1) is 23.9. The minimum absolute atomic E-state index is 0.0163. The van der Waals surface area contributed by atoms with Crippen LogP contribution < -0.4 is 5.32 Å². The molecule has 0 saturated carbocycles. The molecule has 2 heterocycles. The van der Waals surface area contributed by atoms with Crippen molar-refractivity contribution in [3.63, 3.8) is 0 Å². The number of amides is 3. The fourth-order valence-corrected chi connectivity index (χ4v) is 5.56. The monoisotopic (exact) mass is 484 g/mol. The molecule has 2 aromatic carbocycles. The first-order valence-corrected chi connectivity index (χ1v) is 12.8. The average Bonchev–Trinajstić information content (AvgIpc) is 2.88. The lowest BCUT2D eigenvalue weighted by molar-refractivity contribution is -0.122. The summed E-state index contributed by atoms with van der Waals surface area (Å²) < 4.78 is 27.0. The summed E-state index contributed by atoms with van der Waals surface area (Å²) in [6, 6.07) is 13.5. The predicted octanol–water partition coefficient (Wildman–Crippen LogP) is 0.968. The maximum Gasteiger partial charge on any atom is 0.254 e. The normalized spacial score (nSPS) is 17.4. The highest BCUT2D eigenvalue weighted by atomic mass is 32.2. The standard InChI is InChI=1S/C24H28N4O5S/c1-2-18-6-8-19(9-7-18)23(30)26-12-14-27(15-13-26)24(31)20-4-3-5-21(16-20)34(32,33)28-11-10-25-22(29)17-28/h3-9,16H,2,10-15,17H2,1H3,(H,25,29). The van der Waals surface area contributed by atoms with Gasteiger partial charge in [0.25, 0.3) is 11.8 Å². The summed E-state index contributed by atoms with van der Waals surface area (Å²) in [6.07, 6.45) is 0.908. The zero-order valence-corrected chi connectivity index (χ0v) is 19.9. The molecule has 34 heavy (non-hydrogen) atoms.